The number of carboxylic acid groups (broad SMARTS) is 1. The molecule has 0 aromatic heterocycles. The molecule has 3 unspecified atom stereocenters. The molecule has 1 aliphatic heterocycles. The molecule has 116 valence electrons. The van der Waals surface area contributed by atoms with Gasteiger partial charge in [-0.1, -0.05) is 6.07 Å². The highest BCUT2D eigenvalue weighted by Gasteiger charge is 2.36. The molecule has 0 radical (unpaired) electrons. The Hall–Kier alpha value is -1.46. The van der Waals surface area contributed by atoms with Crippen LogP contribution in [0.25, 0.3) is 0 Å². The summed E-state index contributed by atoms with van der Waals surface area (Å²) in [6.07, 6.45) is 1.45. The molecule has 5 heteroatoms. The maximum atomic E-state index is 13.9. The van der Waals surface area contributed by atoms with Gasteiger partial charge >= 0.3 is 5.97 Å². The zero-order valence-corrected chi connectivity index (χ0v) is 12.4. The zero-order valence-electron chi connectivity index (χ0n) is 12.4. The van der Waals surface area contributed by atoms with Crippen LogP contribution < -0.4 is 0 Å². The van der Waals surface area contributed by atoms with Crippen molar-refractivity contribution < 1.29 is 19.4 Å². The van der Waals surface area contributed by atoms with Crippen LogP contribution in [0, 0.1) is 11.7 Å². The van der Waals surface area contributed by atoms with Crippen LogP contribution in [0.4, 0.5) is 4.39 Å². The van der Waals surface area contributed by atoms with E-state index in [2.05, 4.69) is 0 Å². The van der Waals surface area contributed by atoms with Crippen molar-refractivity contribution in [2.75, 3.05) is 0 Å². The molecule has 3 atom stereocenters. The van der Waals surface area contributed by atoms with E-state index >= 15 is 0 Å². The monoisotopic (exact) mass is 295 g/mol. The van der Waals surface area contributed by atoms with Crippen molar-refractivity contribution in [3.8, 4) is 0 Å². The predicted molar refractivity (Wildman–Crippen MR) is 77.1 cm³/mol. The van der Waals surface area contributed by atoms with Gasteiger partial charge < -0.3 is 10.2 Å². The van der Waals surface area contributed by atoms with E-state index in [0.29, 0.717) is 24.1 Å². The van der Waals surface area contributed by atoms with Crippen LogP contribution in [0.3, 0.4) is 0 Å². The van der Waals surface area contributed by atoms with E-state index in [1.807, 2.05) is 18.7 Å². The highest BCUT2D eigenvalue weighted by molar-refractivity contribution is 5.71. The van der Waals surface area contributed by atoms with Gasteiger partial charge in [-0.3, -0.25) is 9.69 Å². The summed E-state index contributed by atoms with van der Waals surface area (Å²) >= 11 is 0. The Morgan fingerprint density at radius 3 is 2.71 bits per heavy atom. The van der Waals surface area contributed by atoms with Crippen molar-refractivity contribution in [1.82, 2.24) is 4.90 Å². The predicted octanol–water partition coefficient (Wildman–Crippen LogP) is 2.39. The van der Waals surface area contributed by atoms with Gasteiger partial charge in [0.15, 0.2) is 0 Å². The number of aliphatic hydroxyl groups excluding tert-OH is 1. The standard InChI is InChI=1S/C16H22FNO3/c1-10-3-5-14(16(20)21)11(2)18(10)8-13-7-12(9-19)4-6-15(13)17/h4,6-7,10-11,14,19H,3,5,8-9H2,1-2H3,(H,20,21). The molecular weight excluding hydrogens is 273 g/mol. The minimum atomic E-state index is -0.788. The van der Waals surface area contributed by atoms with E-state index < -0.39 is 11.9 Å². The van der Waals surface area contributed by atoms with Crippen molar-refractivity contribution in [2.45, 2.75) is 51.9 Å². The minimum Gasteiger partial charge on any atom is -0.481 e. The lowest BCUT2D eigenvalue weighted by Gasteiger charge is -2.42. The van der Waals surface area contributed by atoms with E-state index in [9.17, 15) is 14.3 Å². The Morgan fingerprint density at radius 1 is 1.38 bits per heavy atom. The number of benzene rings is 1. The van der Waals surface area contributed by atoms with Crippen LogP contribution in [-0.4, -0.2) is 33.2 Å². The van der Waals surface area contributed by atoms with Gasteiger partial charge in [0.25, 0.3) is 0 Å². The molecule has 2 rings (SSSR count). The zero-order chi connectivity index (χ0) is 15.6. The fraction of sp³-hybridized carbons (Fsp3) is 0.562. The fourth-order valence-electron chi connectivity index (χ4n) is 3.13. The van der Waals surface area contributed by atoms with E-state index in [4.69, 9.17) is 5.11 Å². The Kier molecular flexibility index (Phi) is 4.96. The number of piperidine rings is 1. The summed E-state index contributed by atoms with van der Waals surface area (Å²) in [7, 11) is 0. The molecule has 21 heavy (non-hydrogen) atoms. The van der Waals surface area contributed by atoms with Gasteiger partial charge in [0.2, 0.25) is 0 Å². The van der Waals surface area contributed by atoms with Crippen LogP contribution in [0.1, 0.15) is 37.8 Å². The number of rotatable bonds is 4. The third kappa shape index (κ3) is 3.41. The molecule has 0 saturated carbocycles. The smallest absolute Gasteiger partial charge is 0.308 e. The lowest BCUT2D eigenvalue weighted by molar-refractivity contribution is -0.146. The lowest BCUT2D eigenvalue weighted by atomic mass is 9.86. The van der Waals surface area contributed by atoms with Crippen LogP contribution in [0.2, 0.25) is 0 Å². The Morgan fingerprint density at radius 2 is 2.10 bits per heavy atom. The molecule has 0 aliphatic carbocycles. The molecule has 2 N–H and O–H groups in total. The van der Waals surface area contributed by atoms with Gasteiger partial charge in [-0.2, -0.15) is 0 Å². The van der Waals surface area contributed by atoms with E-state index in [0.717, 1.165) is 6.42 Å². The summed E-state index contributed by atoms with van der Waals surface area (Å²) in [5.74, 6) is -1.52. The number of halogens is 1. The SMILES string of the molecule is CC1CCC(C(=O)O)C(C)N1Cc1cc(CO)ccc1F. The maximum absolute atomic E-state index is 13.9. The number of hydrogen-bond donors (Lipinski definition) is 2. The van der Waals surface area contributed by atoms with Crippen LogP contribution in [-0.2, 0) is 17.9 Å². The molecule has 1 saturated heterocycles. The number of nitrogens with zero attached hydrogens (tertiary/aromatic N) is 1. The second-order valence-electron chi connectivity index (χ2n) is 5.87. The highest BCUT2D eigenvalue weighted by Crippen LogP contribution is 2.30. The molecule has 1 aliphatic rings. The average molecular weight is 295 g/mol. The minimum absolute atomic E-state index is 0.129. The van der Waals surface area contributed by atoms with Gasteiger partial charge in [0.05, 0.1) is 12.5 Å². The molecule has 4 nitrogen and oxygen atoms in total. The molecular formula is C16H22FNO3. The molecule has 0 amide bonds. The summed E-state index contributed by atoms with van der Waals surface area (Å²) in [5, 5.41) is 18.4. The van der Waals surface area contributed by atoms with Crippen LogP contribution in [0.15, 0.2) is 18.2 Å². The van der Waals surface area contributed by atoms with E-state index in [-0.39, 0.29) is 24.5 Å². The summed E-state index contributed by atoms with van der Waals surface area (Å²) in [6, 6.07) is 4.65. The first-order valence-corrected chi connectivity index (χ1v) is 7.30. The van der Waals surface area contributed by atoms with Crippen LogP contribution >= 0.6 is 0 Å². The van der Waals surface area contributed by atoms with Crippen molar-refractivity contribution in [3.63, 3.8) is 0 Å². The first-order chi connectivity index (χ1) is 9.93. The first-order valence-electron chi connectivity index (χ1n) is 7.30. The van der Waals surface area contributed by atoms with Crippen molar-refractivity contribution in [3.05, 3.63) is 35.1 Å². The molecule has 1 fully saturated rings. The summed E-state index contributed by atoms with van der Waals surface area (Å²) in [6.45, 7) is 4.17. The summed E-state index contributed by atoms with van der Waals surface area (Å²) in [5.41, 5.74) is 1.17. The molecule has 1 aromatic rings. The Bertz CT molecular complexity index is 520. The number of aliphatic carboxylic acids is 1. The number of likely N-dealkylation sites (tertiary alicyclic amines) is 1. The van der Waals surface area contributed by atoms with Crippen LogP contribution in [0.5, 0.6) is 0 Å². The first kappa shape index (κ1) is 15.9. The number of hydrogen-bond acceptors (Lipinski definition) is 3. The molecule has 1 aromatic carbocycles. The van der Waals surface area contributed by atoms with E-state index in [1.165, 1.54) is 6.07 Å². The van der Waals surface area contributed by atoms with Gasteiger partial charge in [0, 0.05) is 24.2 Å². The van der Waals surface area contributed by atoms with Gasteiger partial charge in [0.1, 0.15) is 5.82 Å². The quantitative estimate of drug-likeness (QED) is 0.895. The van der Waals surface area contributed by atoms with Crippen molar-refractivity contribution in [1.29, 1.82) is 0 Å². The molecule has 0 bridgehead atoms. The third-order valence-corrected chi connectivity index (χ3v) is 4.53. The largest absolute Gasteiger partial charge is 0.481 e. The van der Waals surface area contributed by atoms with Gasteiger partial charge in [-0.25, -0.2) is 4.39 Å². The Balaban J connectivity index is 2.22. The summed E-state index contributed by atoms with van der Waals surface area (Å²) < 4.78 is 13.9. The van der Waals surface area contributed by atoms with Gasteiger partial charge in [-0.15, -0.1) is 0 Å². The average Bonchev–Trinajstić information content (AvgIpc) is 2.44. The molecule has 0 spiro atoms. The van der Waals surface area contributed by atoms with Crippen molar-refractivity contribution in [2.24, 2.45) is 5.92 Å². The van der Waals surface area contributed by atoms with Gasteiger partial charge in [-0.05, 0) is 44.4 Å². The number of carbonyl (C=O) groups is 1. The highest BCUT2D eigenvalue weighted by atomic mass is 19.1. The van der Waals surface area contributed by atoms with E-state index in [1.54, 1.807) is 12.1 Å². The molecule has 1 heterocycles. The number of aliphatic hydroxyl groups is 1. The Labute approximate surface area is 124 Å². The third-order valence-electron chi connectivity index (χ3n) is 4.53. The normalized spacial score (nSPS) is 26.8. The lowest BCUT2D eigenvalue weighted by Crippen LogP contribution is -2.50. The van der Waals surface area contributed by atoms with Crippen molar-refractivity contribution >= 4 is 5.97 Å². The second-order valence-corrected chi connectivity index (χ2v) is 5.87. The fourth-order valence-corrected chi connectivity index (χ4v) is 3.13. The summed E-state index contributed by atoms with van der Waals surface area (Å²) in [4.78, 5) is 13.3. The second kappa shape index (κ2) is 6.54. The maximum Gasteiger partial charge on any atom is 0.308 e. The number of carboxylic acids is 1. The topological polar surface area (TPSA) is 60.8 Å².